The van der Waals surface area contributed by atoms with Crippen LogP contribution in [0.15, 0.2) is 23.1 Å². The summed E-state index contributed by atoms with van der Waals surface area (Å²) in [5, 5.41) is 8.93. The van der Waals surface area contributed by atoms with Gasteiger partial charge in [0.1, 0.15) is 5.75 Å². The van der Waals surface area contributed by atoms with E-state index in [4.69, 9.17) is 9.84 Å². The molecule has 1 unspecified atom stereocenters. The van der Waals surface area contributed by atoms with Gasteiger partial charge < -0.3 is 14.7 Å². The molecule has 1 amide bonds. The van der Waals surface area contributed by atoms with Crippen molar-refractivity contribution in [1.82, 2.24) is 4.90 Å². The second kappa shape index (κ2) is 4.87. The Bertz CT molecular complexity index is 436. The lowest BCUT2D eigenvalue weighted by atomic mass is 9.97. The molecule has 0 saturated carbocycles. The van der Waals surface area contributed by atoms with E-state index in [1.165, 1.54) is 4.90 Å². The first-order valence-electron chi connectivity index (χ1n) is 5.46. The number of nitrogens with zero attached hydrogens (tertiary/aromatic N) is 1. The van der Waals surface area contributed by atoms with Crippen molar-refractivity contribution in [3.63, 3.8) is 0 Å². The Morgan fingerprint density at radius 1 is 1.59 bits per heavy atom. The third kappa shape index (κ3) is 2.49. The number of ether oxygens (including phenoxy) is 1. The number of thiol groups is 1. The number of hydrogen-bond acceptors (Lipinski definition) is 3. The minimum absolute atomic E-state index is 0.218. The number of methoxy groups -OCH3 is 1. The van der Waals surface area contributed by atoms with Gasteiger partial charge in [-0.25, -0.2) is 4.79 Å². The molecule has 1 aromatic carbocycles. The minimum Gasteiger partial charge on any atom is -0.496 e. The Balaban J connectivity index is 2.21. The summed E-state index contributed by atoms with van der Waals surface area (Å²) in [7, 11) is 1.62. The molecular formula is C12H15NO3S. The van der Waals surface area contributed by atoms with E-state index >= 15 is 0 Å². The highest BCUT2D eigenvalue weighted by atomic mass is 32.1. The molecule has 0 aromatic heterocycles. The van der Waals surface area contributed by atoms with Crippen LogP contribution in [0.5, 0.6) is 5.75 Å². The molecule has 1 N–H and O–H groups in total. The van der Waals surface area contributed by atoms with E-state index in [0.29, 0.717) is 13.1 Å². The molecule has 1 saturated heterocycles. The Morgan fingerprint density at radius 3 is 2.94 bits per heavy atom. The number of amides is 1. The van der Waals surface area contributed by atoms with E-state index in [1.807, 2.05) is 18.2 Å². The van der Waals surface area contributed by atoms with Crippen LogP contribution in [0.1, 0.15) is 17.9 Å². The third-order valence-corrected chi connectivity index (χ3v) is 3.39. The van der Waals surface area contributed by atoms with Crippen LogP contribution >= 0.6 is 12.6 Å². The highest BCUT2D eigenvalue weighted by molar-refractivity contribution is 7.80. The maximum Gasteiger partial charge on any atom is 0.407 e. The smallest absolute Gasteiger partial charge is 0.407 e. The molecule has 1 aliphatic heterocycles. The highest BCUT2D eigenvalue weighted by Gasteiger charge is 2.28. The van der Waals surface area contributed by atoms with E-state index in [1.54, 1.807) is 7.11 Å². The number of benzene rings is 1. The molecule has 0 aliphatic carbocycles. The second-order valence-corrected chi connectivity index (χ2v) is 4.66. The fourth-order valence-corrected chi connectivity index (χ4v) is 2.42. The lowest BCUT2D eigenvalue weighted by Crippen LogP contribution is -2.26. The first kappa shape index (κ1) is 12.1. The van der Waals surface area contributed by atoms with Crippen molar-refractivity contribution in [1.29, 1.82) is 0 Å². The minimum atomic E-state index is -0.850. The monoisotopic (exact) mass is 253 g/mol. The molecule has 1 atom stereocenters. The summed E-state index contributed by atoms with van der Waals surface area (Å²) in [5.74, 6) is 1.00. The number of hydrogen-bond donors (Lipinski definition) is 2. The summed E-state index contributed by atoms with van der Waals surface area (Å²) in [6.45, 7) is 1.13. The van der Waals surface area contributed by atoms with Crippen LogP contribution in [-0.2, 0) is 0 Å². The van der Waals surface area contributed by atoms with Crippen molar-refractivity contribution < 1.29 is 14.6 Å². The SMILES string of the molecule is COc1cc(S)ccc1C1CCN(C(=O)O)C1. The zero-order valence-corrected chi connectivity index (χ0v) is 10.5. The maximum atomic E-state index is 10.9. The van der Waals surface area contributed by atoms with Crippen molar-refractivity contribution in [2.45, 2.75) is 17.2 Å². The van der Waals surface area contributed by atoms with Gasteiger partial charge in [0.05, 0.1) is 7.11 Å². The molecule has 1 aliphatic rings. The quantitative estimate of drug-likeness (QED) is 0.796. The molecule has 2 rings (SSSR count). The van der Waals surface area contributed by atoms with Gasteiger partial charge >= 0.3 is 6.09 Å². The lowest BCUT2D eigenvalue weighted by Gasteiger charge is -2.15. The van der Waals surface area contributed by atoms with Gasteiger partial charge in [0.2, 0.25) is 0 Å². The van der Waals surface area contributed by atoms with Crippen molar-refractivity contribution in [3.8, 4) is 5.75 Å². The summed E-state index contributed by atoms with van der Waals surface area (Å²) < 4.78 is 5.32. The van der Waals surface area contributed by atoms with E-state index in [9.17, 15) is 4.79 Å². The van der Waals surface area contributed by atoms with Crippen molar-refractivity contribution in [2.24, 2.45) is 0 Å². The standard InChI is InChI=1S/C12H15NO3S/c1-16-11-6-9(17)2-3-10(11)8-4-5-13(7-8)12(14)15/h2-3,6,8,17H,4-5,7H2,1H3,(H,14,15). The van der Waals surface area contributed by atoms with E-state index in [2.05, 4.69) is 12.6 Å². The topological polar surface area (TPSA) is 49.8 Å². The Labute approximate surface area is 106 Å². The first-order valence-corrected chi connectivity index (χ1v) is 5.91. The molecule has 5 heteroatoms. The fourth-order valence-electron chi connectivity index (χ4n) is 2.22. The summed E-state index contributed by atoms with van der Waals surface area (Å²) in [5.41, 5.74) is 1.06. The van der Waals surface area contributed by atoms with Gasteiger partial charge in [-0.3, -0.25) is 0 Å². The molecule has 0 bridgehead atoms. The molecular weight excluding hydrogens is 238 g/mol. The van der Waals surface area contributed by atoms with E-state index < -0.39 is 6.09 Å². The number of likely N-dealkylation sites (tertiary alicyclic amines) is 1. The van der Waals surface area contributed by atoms with Crippen LogP contribution in [-0.4, -0.2) is 36.3 Å². The summed E-state index contributed by atoms with van der Waals surface area (Å²) >= 11 is 4.26. The molecule has 0 radical (unpaired) electrons. The molecule has 0 spiro atoms. The largest absolute Gasteiger partial charge is 0.496 e. The molecule has 1 aromatic rings. The average molecular weight is 253 g/mol. The fraction of sp³-hybridized carbons (Fsp3) is 0.417. The summed E-state index contributed by atoms with van der Waals surface area (Å²) in [6.07, 6.45) is -0.00790. The van der Waals surface area contributed by atoms with Gasteiger partial charge in [0.25, 0.3) is 0 Å². The Morgan fingerprint density at radius 2 is 2.35 bits per heavy atom. The molecule has 17 heavy (non-hydrogen) atoms. The van der Waals surface area contributed by atoms with Gasteiger partial charge in [-0.1, -0.05) is 6.07 Å². The van der Waals surface area contributed by atoms with Gasteiger partial charge in [-0.2, -0.15) is 0 Å². The van der Waals surface area contributed by atoms with Crippen molar-refractivity contribution >= 4 is 18.7 Å². The van der Waals surface area contributed by atoms with Crippen LogP contribution in [0, 0.1) is 0 Å². The van der Waals surface area contributed by atoms with Crippen LogP contribution in [0.4, 0.5) is 4.79 Å². The maximum absolute atomic E-state index is 10.9. The molecule has 92 valence electrons. The third-order valence-electron chi connectivity index (χ3n) is 3.12. The number of carbonyl (C=O) groups is 1. The van der Waals surface area contributed by atoms with Gasteiger partial charge in [-0.05, 0) is 24.1 Å². The predicted octanol–water partition coefficient (Wildman–Crippen LogP) is 2.45. The summed E-state index contributed by atoms with van der Waals surface area (Å²) in [4.78, 5) is 13.2. The molecule has 1 fully saturated rings. The molecule has 4 nitrogen and oxygen atoms in total. The molecule has 1 heterocycles. The van der Waals surface area contributed by atoms with Crippen molar-refractivity contribution in [3.05, 3.63) is 23.8 Å². The normalized spacial score (nSPS) is 19.4. The zero-order chi connectivity index (χ0) is 12.4. The lowest BCUT2D eigenvalue weighted by molar-refractivity contribution is 0.155. The highest BCUT2D eigenvalue weighted by Crippen LogP contribution is 2.34. The van der Waals surface area contributed by atoms with Crippen LogP contribution in [0.25, 0.3) is 0 Å². The zero-order valence-electron chi connectivity index (χ0n) is 9.59. The first-order chi connectivity index (χ1) is 8.11. The van der Waals surface area contributed by atoms with Crippen LogP contribution in [0.3, 0.4) is 0 Å². The predicted molar refractivity (Wildman–Crippen MR) is 67.2 cm³/mol. The van der Waals surface area contributed by atoms with Crippen LogP contribution < -0.4 is 4.74 Å². The Hall–Kier alpha value is -1.36. The van der Waals surface area contributed by atoms with Crippen molar-refractivity contribution in [2.75, 3.05) is 20.2 Å². The number of carboxylic acid groups (broad SMARTS) is 1. The van der Waals surface area contributed by atoms with Gasteiger partial charge in [-0.15, -0.1) is 12.6 Å². The van der Waals surface area contributed by atoms with Crippen LogP contribution in [0.2, 0.25) is 0 Å². The van der Waals surface area contributed by atoms with E-state index in [-0.39, 0.29) is 5.92 Å². The summed E-state index contributed by atoms with van der Waals surface area (Å²) in [6, 6.07) is 5.74. The average Bonchev–Trinajstić information content (AvgIpc) is 2.78. The Kier molecular flexibility index (Phi) is 3.47. The van der Waals surface area contributed by atoms with E-state index in [0.717, 1.165) is 22.6 Å². The second-order valence-electron chi connectivity index (χ2n) is 4.14. The van der Waals surface area contributed by atoms with Gasteiger partial charge in [0.15, 0.2) is 0 Å². The number of rotatable bonds is 2. The van der Waals surface area contributed by atoms with Gasteiger partial charge in [0, 0.05) is 23.9 Å².